The first kappa shape index (κ1) is 22.5. The Balaban J connectivity index is 1.94. The summed E-state index contributed by atoms with van der Waals surface area (Å²) in [4.78, 5) is 14.3. The fraction of sp³-hybridized carbons (Fsp3) is 0.130. The maximum atomic E-state index is 13.5. The van der Waals surface area contributed by atoms with Crippen molar-refractivity contribution < 1.29 is 31.5 Å². The SMILES string of the molecule is O=C(O)CCc1cn(S(=O)(=O)c2ccccc2C(F)(F)F)c2ccc(-c3cccnc3)cc12. The number of carboxylic acid groups (broad SMARTS) is 1. The number of rotatable bonds is 6. The van der Waals surface area contributed by atoms with Crippen LogP contribution in [0.25, 0.3) is 22.0 Å². The van der Waals surface area contributed by atoms with E-state index in [0.29, 0.717) is 22.6 Å². The number of carbonyl (C=O) groups is 1. The highest BCUT2D eigenvalue weighted by atomic mass is 32.2. The third kappa shape index (κ3) is 4.34. The predicted octanol–water partition coefficient (Wildman–Crippen LogP) is 4.98. The molecule has 0 aliphatic carbocycles. The number of hydrogen-bond donors (Lipinski definition) is 1. The third-order valence-corrected chi connectivity index (χ3v) is 6.92. The lowest BCUT2D eigenvalue weighted by molar-refractivity contribution is -0.140. The molecule has 0 atom stereocenters. The van der Waals surface area contributed by atoms with Gasteiger partial charge in [-0.2, -0.15) is 13.2 Å². The highest BCUT2D eigenvalue weighted by Gasteiger charge is 2.37. The lowest BCUT2D eigenvalue weighted by atomic mass is 10.0. The number of nitrogens with zero attached hydrogens (tertiary/aromatic N) is 2. The molecule has 0 aliphatic heterocycles. The molecule has 2 heterocycles. The first-order valence-electron chi connectivity index (χ1n) is 9.77. The molecule has 4 rings (SSSR count). The largest absolute Gasteiger partial charge is 0.481 e. The van der Waals surface area contributed by atoms with Crippen LogP contribution in [-0.2, 0) is 27.4 Å². The van der Waals surface area contributed by atoms with E-state index in [1.54, 1.807) is 36.7 Å². The van der Waals surface area contributed by atoms with Gasteiger partial charge in [0.2, 0.25) is 0 Å². The molecule has 0 saturated heterocycles. The number of halogens is 3. The standard InChI is InChI=1S/C23H17F3N2O4S/c24-23(25,26)19-5-1-2-6-21(19)33(31,32)28-14-17(8-10-22(29)30)18-12-15(7-9-20(18)28)16-4-3-11-27-13-16/h1-7,9,11-14H,8,10H2,(H,29,30). The Kier molecular flexibility index (Phi) is 5.71. The fourth-order valence-corrected chi connectivity index (χ4v) is 5.26. The van der Waals surface area contributed by atoms with Crippen molar-refractivity contribution in [2.24, 2.45) is 0 Å². The number of pyridine rings is 1. The van der Waals surface area contributed by atoms with Crippen LogP contribution in [0.3, 0.4) is 0 Å². The zero-order valence-corrected chi connectivity index (χ0v) is 17.8. The number of hydrogen-bond acceptors (Lipinski definition) is 4. The van der Waals surface area contributed by atoms with Gasteiger partial charge < -0.3 is 5.11 Å². The number of carboxylic acids is 1. The van der Waals surface area contributed by atoms with E-state index in [9.17, 15) is 26.4 Å². The molecule has 0 fully saturated rings. The van der Waals surface area contributed by atoms with Gasteiger partial charge in [0, 0.05) is 36.0 Å². The van der Waals surface area contributed by atoms with E-state index in [2.05, 4.69) is 4.98 Å². The van der Waals surface area contributed by atoms with E-state index >= 15 is 0 Å². The van der Waals surface area contributed by atoms with Crippen LogP contribution < -0.4 is 0 Å². The van der Waals surface area contributed by atoms with Crippen LogP contribution in [0.2, 0.25) is 0 Å². The second-order valence-electron chi connectivity index (χ2n) is 7.32. The van der Waals surface area contributed by atoms with Crippen LogP contribution in [0, 0.1) is 0 Å². The Morgan fingerprint density at radius 1 is 1.03 bits per heavy atom. The van der Waals surface area contributed by atoms with Crippen molar-refractivity contribution in [2.45, 2.75) is 23.9 Å². The van der Waals surface area contributed by atoms with Crippen molar-refractivity contribution in [3.8, 4) is 11.1 Å². The van der Waals surface area contributed by atoms with Crippen molar-refractivity contribution >= 4 is 26.9 Å². The minimum Gasteiger partial charge on any atom is -0.481 e. The lowest BCUT2D eigenvalue weighted by Crippen LogP contribution is -2.18. The van der Waals surface area contributed by atoms with Crippen molar-refractivity contribution in [2.75, 3.05) is 0 Å². The van der Waals surface area contributed by atoms with Crippen LogP contribution in [0.4, 0.5) is 13.2 Å². The summed E-state index contributed by atoms with van der Waals surface area (Å²) in [6, 6.07) is 12.3. The van der Waals surface area contributed by atoms with E-state index in [4.69, 9.17) is 5.11 Å². The number of alkyl halides is 3. The second kappa shape index (κ2) is 8.36. The quantitative estimate of drug-likeness (QED) is 0.426. The van der Waals surface area contributed by atoms with E-state index < -0.39 is 32.6 Å². The average Bonchev–Trinajstić information content (AvgIpc) is 3.16. The molecule has 2 aromatic carbocycles. The van der Waals surface area contributed by atoms with Gasteiger partial charge in [0.25, 0.3) is 10.0 Å². The molecule has 33 heavy (non-hydrogen) atoms. The highest BCUT2D eigenvalue weighted by Crippen LogP contribution is 2.37. The van der Waals surface area contributed by atoms with Crippen molar-refractivity contribution in [1.29, 1.82) is 0 Å². The van der Waals surface area contributed by atoms with Crippen LogP contribution in [0.1, 0.15) is 17.5 Å². The normalized spacial score (nSPS) is 12.2. The van der Waals surface area contributed by atoms with E-state index in [-0.39, 0.29) is 18.4 Å². The summed E-state index contributed by atoms with van der Waals surface area (Å²) in [5, 5.41) is 9.53. The van der Waals surface area contributed by atoms with Gasteiger partial charge in [0.15, 0.2) is 0 Å². The van der Waals surface area contributed by atoms with Crippen molar-refractivity contribution in [3.63, 3.8) is 0 Å². The molecule has 2 aromatic heterocycles. The molecular formula is C23H17F3N2O4S. The average molecular weight is 474 g/mol. The molecule has 10 heteroatoms. The summed E-state index contributed by atoms with van der Waals surface area (Å²) >= 11 is 0. The molecule has 0 amide bonds. The molecule has 4 aromatic rings. The molecule has 0 spiro atoms. The minimum absolute atomic E-state index is 0.00572. The monoisotopic (exact) mass is 474 g/mol. The van der Waals surface area contributed by atoms with Gasteiger partial charge in [-0.05, 0) is 47.9 Å². The van der Waals surface area contributed by atoms with Crippen molar-refractivity contribution in [3.05, 3.63) is 84.3 Å². The predicted molar refractivity (Wildman–Crippen MR) is 115 cm³/mol. The third-order valence-electron chi connectivity index (χ3n) is 5.19. The van der Waals surface area contributed by atoms with Gasteiger partial charge in [-0.15, -0.1) is 0 Å². The Hall–Kier alpha value is -3.66. The summed E-state index contributed by atoms with van der Waals surface area (Å²) in [5.41, 5.74) is 0.733. The second-order valence-corrected chi connectivity index (χ2v) is 9.10. The fourth-order valence-electron chi connectivity index (χ4n) is 3.65. The highest BCUT2D eigenvalue weighted by molar-refractivity contribution is 7.90. The molecule has 1 N–H and O–H groups in total. The molecule has 0 aliphatic rings. The number of aryl methyl sites for hydroxylation is 1. The number of benzene rings is 2. The number of aromatic nitrogens is 2. The molecule has 170 valence electrons. The zero-order chi connectivity index (χ0) is 23.8. The Morgan fingerprint density at radius 3 is 2.45 bits per heavy atom. The number of aliphatic carboxylic acids is 1. The van der Waals surface area contributed by atoms with Gasteiger partial charge in [0.1, 0.15) is 4.90 Å². The van der Waals surface area contributed by atoms with E-state index in [1.807, 2.05) is 0 Å². The molecule has 0 unspecified atom stereocenters. The minimum atomic E-state index is -4.87. The van der Waals surface area contributed by atoms with Gasteiger partial charge in [-0.3, -0.25) is 9.78 Å². The molecule has 0 bridgehead atoms. The molecule has 6 nitrogen and oxygen atoms in total. The van der Waals surface area contributed by atoms with E-state index in [1.165, 1.54) is 18.3 Å². The molecule has 0 radical (unpaired) electrons. The van der Waals surface area contributed by atoms with Gasteiger partial charge in [0.05, 0.1) is 11.1 Å². The summed E-state index contributed by atoms with van der Waals surface area (Å²) < 4.78 is 68.1. The smallest absolute Gasteiger partial charge is 0.417 e. The maximum Gasteiger partial charge on any atom is 0.417 e. The maximum absolute atomic E-state index is 13.5. The zero-order valence-electron chi connectivity index (χ0n) is 17.0. The van der Waals surface area contributed by atoms with Gasteiger partial charge >= 0.3 is 12.1 Å². The number of fused-ring (bicyclic) bond motifs is 1. The van der Waals surface area contributed by atoms with Crippen LogP contribution in [0.5, 0.6) is 0 Å². The molecule has 0 saturated carbocycles. The van der Waals surface area contributed by atoms with Crippen molar-refractivity contribution in [1.82, 2.24) is 8.96 Å². The Labute approximate surface area is 187 Å². The van der Waals surface area contributed by atoms with Gasteiger partial charge in [-0.25, -0.2) is 12.4 Å². The summed E-state index contributed by atoms with van der Waals surface area (Å²) in [7, 11) is -4.64. The van der Waals surface area contributed by atoms with Crippen LogP contribution >= 0.6 is 0 Å². The summed E-state index contributed by atoms with van der Waals surface area (Å²) in [6.45, 7) is 0. The topological polar surface area (TPSA) is 89.3 Å². The first-order valence-corrected chi connectivity index (χ1v) is 11.2. The van der Waals surface area contributed by atoms with Crippen LogP contribution in [-0.4, -0.2) is 28.5 Å². The summed E-state index contributed by atoms with van der Waals surface area (Å²) in [6.07, 6.45) is -0.719. The summed E-state index contributed by atoms with van der Waals surface area (Å²) in [5.74, 6) is -1.08. The van der Waals surface area contributed by atoms with Crippen LogP contribution in [0.15, 0.2) is 78.1 Å². The Bertz CT molecular complexity index is 1450. The Morgan fingerprint density at radius 2 is 1.79 bits per heavy atom. The first-order chi connectivity index (χ1) is 15.6. The molecular weight excluding hydrogens is 457 g/mol. The lowest BCUT2D eigenvalue weighted by Gasteiger charge is -2.14. The van der Waals surface area contributed by atoms with E-state index in [0.717, 1.165) is 21.7 Å². The van der Waals surface area contributed by atoms with Gasteiger partial charge in [-0.1, -0.05) is 24.3 Å².